The molecule has 202 valence electrons. The van der Waals surface area contributed by atoms with E-state index >= 15 is 0 Å². The molecule has 0 rings (SSSR count). The third-order valence-corrected chi connectivity index (χ3v) is 5.59. The Kier molecular flexibility index (Phi) is 11.2. The first kappa shape index (κ1) is 33.6. The molecule has 0 heterocycles. The zero-order valence-corrected chi connectivity index (χ0v) is 21.2. The summed E-state index contributed by atoms with van der Waals surface area (Å²) in [6.07, 6.45) is -4.72. The topological polar surface area (TPSA) is 52.6 Å². The van der Waals surface area contributed by atoms with Crippen molar-refractivity contribution in [2.24, 2.45) is 0 Å². The first-order chi connectivity index (χ1) is 14.9. The molecule has 34 heavy (non-hydrogen) atoms. The second kappa shape index (κ2) is 11.3. The van der Waals surface area contributed by atoms with Crippen molar-refractivity contribution in [1.29, 1.82) is 0 Å². The molecule has 0 saturated carbocycles. The van der Waals surface area contributed by atoms with Gasteiger partial charge in [0.15, 0.2) is 0 Å². The summed E-state index contributed by atoms with van der Waals surface area (Å²) >= 11 is 1.83. The first-order valence-corrected chi connectivity index (χ1v) is 11.2. The Balaban J connectivity index is 6.01. The molecule has 2 atom stereocenters. The van der Waals surface area contributed by atoms with Crippen molar-refractivity contribution in [1.82, 2.24) is 0 Å². The number of hydrogen-bond donors (Lipinski definition) is 0. The lowest BCUT2D eigenvalue weighted by Crippen LogP contribution is -2.71. The van der Waals surface area contributed by atoms with Gasteiger partial charge in [0.25, 0.3) is 0 Å². The van der Waals surface area contributed by atoms with Gasteiger partial charge in [-0.05, 0) is 0 Å². The van der Waals surface area contributed by atoms with E-state index in [-0.39, 0.29) is 0 Å². The molecule has 0 aliphatic heterocycles. The fourth-order valence-electron chi connectivity index (χ4n) is 2.20. The first-order valence-electron chi connectivity index (χ1n) is 8.69. The van der Waals surface area contributed by atoms with E-state index in [4.69, 9.17) is 0 Å². The molecule has 0 aromatic carbocycles. The molecule has 0 bridgehead atoms. The van der Waals surface area contributed by atoms with Gasteiger partial charge >= 0.3 is 47.5 Å². The second-order valence-electron chi connectivity index (χ2n) is 6.91. The van der Waals surface area contributed by atoms with Crippen LogP contribution in [0, 0.1) is 0 Å². The monoisotopic (exact) mass is 754 g/mol. The minimum Gasteiger partial charge on any atom is -0.465 e. The number of halogens is 14. The molecule has 18 heteroatoms. The van der Waals surface area contributed by atoms with Crippen LogP contribution in [0.15, 0.2) is 0 Å². The number of carbonyl (C=O) groups is 2. The van der Waals surface area contributed by atoms with E-state index in [1.165, 1.54) is 0 Å². The second-order valence-corrected chi connectivity index (χ2v) is 10.4. The quantitative estimate of drug-likeness (QED) is 0.0959. The molecule has 0 N–H and O–H groups in total. The number of hydrogen-bond acceptors (Lipinski definition) is 4. The van der Waals surface area contributed by atoms with Crippen molar-refractivity contribution >= 4 is 57.1 Å². The highest BCUT2D eigenvalue weighted by atomic mass is 127. The van der Waals surface area contributed by atoms with E-state index < -0.39 is 81.4 Å². The maximum Gasteiger partial charge on any atom is 0.384 e. The van der Waals surface area contributed by atoms with Crippen molar-refractivity contribution in [2.75, 3.05) is 13.2 Å². The lowest BCUT2D eigenvalue weighted by atomic mass is 9.89. The van der Waals surface area contributed by atoms with Gasteiger partial charge in [0, 0.05) is 26.7 Å². The molecule has 4 nitrogen and oxygen atoms in total. The van der Waals surface area contributed by atoms with E-state index in [1.54, 1.807) is 0 Å². The maximum atomic E-state index is 13.9. The average molecular weight is 754 g/mol. The van der Waals surface area contributed by atoms with Crippen LogP contribution in [0.2, 0.25) is 0 Å². The van der Waals surface area contributed by atoms with Gasteiger partial charge in [0.05, 0.1) is 7.85 Å². The molecule has 0 aromatic rings. The van der Waals surface area contributed by atoms with Crippen molar-refractivity contribution in [3.05, 3.63) is 0 Å². The number of ether oxygens (including phenoxy) is 2. The van der Waals surface area contributed by atoms with Gasteiger partial charge in [-0.25, -0.2) is 0 Å². The standard InChI is InChI=1S/C16H16F12I2O4/c1-7(31)33-5-9(29)3-11(17,18)13(21,22)15(25,26)16(27,28)14(23,24)12(19,20)4-10(30)6-34-8(2)32/h9-10H,3-6H2,1-2H3. The van der Waals surface area contributed by atoms with Crippen LogP contribution in [0.5, 0.6) is 0 Å². The summed E-state index contributed by atoms with van der Waals surface area (Å²) in [5, 5.41) is 0. The smallest absolute Gasteiger partial charge is 0.384 e. The lowest BCUT2D eigenvalue weighted by Gasteiger charge is -2.42. The molecular weight excluding hydrogens is 738 g/mol. The number of alkyl halides is 14. The zero-order valence-electron chi connectivity index (χ0n) is 16.9. The highest BCUT2D eigenvalue weighted by molar-refractivity contribution is 14.1. The molecule has 0 saturated heterocycles. The van der Waals surface area contributed by atoms with Crippen molar-refractivity contribution in [2.45, 2.75) is 70.1 Å². The van der Waals surface area contributed by atoms with Crippen LogP contribution in [0.4, 0.5) is 52.7 Å². The molecular formula is C16H16F12I2O4. The Labute approximate surface area is 211 Å². The molecule has 0 spiro atoms. The Hall–Kier alpha value is -0.440. The number of esters is 2. The van der Waals surface area contributed by atoms with Crippen LogP contribution in [0.1, 0.15) is 26.7 Å². The van der Waals surface area contributed by atoms with Gasteiger partial charge in [-0.2, -0.15) is 52.7 Å². The maximum absolute atomic E-state index is 13.9. The van der Waals surface area contributed by atoms with Crippen molar-refractivity contribution in [3.63, 3.8) is 0 Å². The van der Waals surface area contributed by atoms with Gasteiger partial charge in [-0.1, -0.05) is 45.2 Å². The Morgan fingerprint density at radius 1 is 0.588 bits per heavy atom. The Morgan fingerprint density at radius 2 is 0.824 bits per heavy atom. The fraction of sp³-hybridized carbons (Fsp3) is 0.875. The summed E-state index contributed by atoms with van der Waals surface area (Å²) in [4.78, 5) is 21.2. The molecule has 0 amide bonds. The highest BCUT2D eigenvalue weighted by Gasteiger charge is 2.89. The number of carbonyl (C=O) groups excluding carboxylic acids is 2. The molecule has 0 fully saturated rings. The summed E-state index contributed by atoms with van der Waals surface area (Å²) in [6, 6.07) is 0. The Morgan fingerprint density at radius 3 is 1.03 bits per heavy atom. The van der Waals surface area contributed by atoms with Gasteiger partial charge in [0.1, 0.15) is 13.2 Å². The van der Waals surface area contributed by atoms with Gasteiger partial charge in [-0.15, -0.1) is 0 Å². The fourth-order valence-corrected chi connectivity index (χ4v) is 3.67. The predicted octanol–water partition coefficient (Wildman–Crippen LogP) is 6.31. The van der Waals surface area contributed by atoms with Gasteiger partial charge in [-0.3, -0.25) is 9.59 Å². The van der Waals surface area contributed by atoms with E-state index in [0.29, 0.717) is 0 Å². The molecule has 0 aromatic heterocycles. The summed E-state index contributed by atoms with van der Waals surface area (Å²) in [5.74, 6) is -44.3. The van der Waals surface area contributed by atoms with Crippen LogP contribution in [-0.4, -0.2) is 68.5 Å². The molecule has 0 aliphatic carbocycles. The zero-order chi connectivity index (χ0) is 27.6. The minimum atomic E-state index is -7.68. The third-order valence-electron chi connectivity index (χ3n) is 3.99. The normalized spacial score (nSPS) is 16.1. The average Bonchev–Trinajstić information content (AvgIpc) is 2.63. The van der Waals surface area contributed by atoms with Crippen molar-refractivity contribution < 1.29 is 71.7 Å². The van der Waals surface area contributed by atoms with E-state index in [1.807, 2.05) is 0 Å². The summed E-state index contributed by atoms with van der Waals surface area (Å²) in [6.45, 7) is -0.590. The van der Waals surface area contributed by atoms with Gasteiger partial charge in [0.2, 0.25) is 0 Å². The lowest BCUT2D eigenvalue weighted by molar-refractivity contribution is -0.425. The SMILES string of the molecule is CC(=O)OCC(I)CC(F)(F)C(F)(F)C(F)(F)C(F)(F)C(F)(F)C(F)(F)CC(I)COC(C)=O. The van der Waals surface area contributed by atoms with Crippen LogP contribution in [0.25, 0.3) is 0 Å². The summed E-state index contributed by atoms with van der Waals surface area (Å²) in [5.41, 5.74) is 0. The third kappa shape index (κ3) is 7.07. The molecule has 0 radical (unpaired) electrons. The van der Waals surface area contributed by atoms with Crippen LogP contribution in [-0.2, 0) is 19.1 Å². The van der Waals surface area contributed by atoms with E-state index in [2.05, 4.69) is 9.47 Å². The minimum absolute atomic E-state index is 0.764. The number of rotatable bonds is 13. The summed E-state index contributed by atoms with van der Waals surface area (Å²) in [7, 11) is 0. The van der Waals surface area contributed by atoms with Crippen LogP contribution < -0.4 is 0 Å². The van der Waals surface area contributed by atoms with Crippen molar-refractivity contribution in [3.8, 4) is 0 Å². The molecule has 2 unspecified atom stereocenters. The Bertz CT molecular complexity index is 673. The van der Waals surface area contributed by atoms with Gasteiger partial charge < -0.3 is 9.47 Å². The van der Waals surface area contributed by atoms with Crippen LogP contribution in [0.3, 0.4) is 0 Å². The van der Waals surface area contributed by atoms with E-state index in [0.717, 1.165) is 59.0 Å². The largest absolute Gasteiger partial charge is 0.465 e. The highest BCUT2D eigenvalue weighted by Crippen LogP contribution is 2.61. The molecule has 0 aliphatic rings. The summed E-state index contributed by atoms with van der Waals surface area (Å²) < 4.78 is 171. The predicted molar refractivity (Wildman–Crippen MR) is 108 cm³/mol. The van der Waals surface area contributed by atoms with Crippen LogP contribution >= 0.6 is 45.2 Å². The van der Waals surface area contributed by atoms with E-state index in [9.17, 15) is 62.3 Å².